The van der Waals surface area contributed by atoms with Gasteiger partial charge in [0.05, 0.1) is 11.7 Å². The summed E-state index contributed by atoms with van der Waals surface area (Å²) in [5, 5.41) is 9.47. The summed E-state index contributed by atoms with van der Waals surface area (Å²) in [6, 6.07) is 14.9. The molecule has 1 atom stereocenters. The normalized spacial score (nSPS) is 15.5. The summed E-state index contributed by atoms with van der Waals surface area (Å²) in [6.45, 7) is 0.972. The van der Waals surface area contributed by atoms with E-state index in [4.69, 9.17) is 4.52 Å². The first-order chi connectivity index (χ1) is 15.6. The number of amides is 3. The van der Waals surface area contributed by atoms with Gasteiger partial charge in [0.2, 0.25) is 11.8 Å². The van der Waals surface area contributed by atoms with Crippen molar-refractivity contribution < 1.29 is 18.5 Å². The van der Waals surface area contributed by atoms with E-state index >= 15 is 0 Å². The fraction of sp³-hybridized carbons (Fsp3) is 0.304. The van der Waals surface area contributed by atoms with Gasteiger partial charge in [0.1, 0.15) is 5.82 Å². The summed E-state index contributed by atoms with van der Waals surface area (Å²) in [4.78, 5) is 30.7. The summed E-state index contributed by atoms with van der Waals surface area (Å²) in [5.74, 6) is 0.131. The standard InChI is InChI=1S/C23H24FN5O3/c24-17-9-4-5-10-18(17)26-23(31)29-14-6-11-19(29)22-27-21(32-28-22)13-12-20(30)25-15-16-7-2-1-3-8-16/h1-5,7-10,19H,6,11-15H2,(H,25,30)(H,26,31). The van der Waals surface area contributed by atoms with E-state index in [0.29, 0.717) is 37.6 Å². The third kappa shape index (κ3) is 5.29. The maximum absolute atomic E-state index is 13.9. The monoisotopic (exact) mass is 437 g/mol. The second-order valence-electron chi connectivity index (χ2n) is 7.57. The first-order valence-corrected chi connectivity index (χ1v) is 10.6. The summed E-state index contributed by atoms with van der Waals surface area (Å²) < 4.78 is 19.2. The van der Waals surface area contributed by atoms with E-state index in [1.807, 2.05) is 30.3 Å². The fourth-order valence-electron chi connectivity index (χ4n) is 3.64. The summed E-state index contributed by atoms with van der Waals surface area (Å²) in [5.41, 5.74) is 1.15. The number of carbonyl (C=O) groups excluding carboxylic acids is 2. The molecule has 1 fully saturated rings. The molecule has 1 unspecified atom stereocenters. The third-order valence-corrected chi connectivity index (χ3v) is 5.31. The quantitative estimate of drug-likeness (QED) is 0.585. The van der Waals surface area contributed by atoms with Gasteiger partial charge < -0.3 is 20.1 Å². The summed E-state index contributed by atoms with van der Waals surface area (Å²) >= 11 is 0. The van der Waals surface area contributed by atoms with Gasteiger partial charge in [-0.1, -0.05) is 47.6 Å². The van der Waals surface area contributed by atoms with Crippen LogP contribution in [0.2, 0.25) is 0 Å². The topological polar surface area (TPSA) is 100 Å². The molecule has 2 N–H and O–H groups in total. The molecule has 0 radical (unpaired) electrons. The molecular weight excluding hydrogens is 413 g/mol. The lowest BCUT2D eigenvalue weighted by Gasteiger charge is -2.22. The number of para-hydroxylation sites is 1. The Labute approximate surface area is 184 Å². The zero-order chi connectivity index (χ0) is 22.3. The molecule has 1 aromatic heterocycles. The van der Waals surface area contributed by atoms with Crippen molar-refractivity contribution in [3.05, 3.63) is 77.7 Å². The van der Waals surface area contributed by atoms with Crippen molar-refractivity contribution in [2.45, 2.75) is 38.3 Å². The molecule has 1 aliphatic rings. The summed E-state index contributed by atoms with van der Waals surface area (Å²) in [7, 11) is 0. The van der Waals surface area contributed by atoms with Crippen LogP contribution in [0.15, 0.2) is 59.1 Å². The minimum Gasteiger partial charge on any atom is -0.352 e. The number of urea groups is 1. The van der Waals surface area contributed by atoms with E-state index in [1.54, 1.807) is 17.0 Å². The highest BCUT2D eigenvalue weighted by atomic mass is 19.1. The Morgan fingerprint density at radius 2 is 1.91 bits per heavy atom. The van der Waals surface area contributed by atoms with Crippen LogP contribution in [0.1, 0.15) is 42.6 Å². The molecule has 4 rings (SSSR count). The van der Waals surface area contributed by atoms with Crippen LogP contribution < -0.4 is 10.6 Å². The number of halogens is 1. The van der Waals surface area contributed by atoms with Crippen molar-refractivity contribution >= 4 is 17.6 Å². The molecule has 0 aliphatic carbocycles. The Morgan fingerprint density at radius 3 is 2.72 bits per heavy atom. The molecule has 9 heteroatoms. The van der Waals surface area contributed by atoms with Gasteiger partial charge in [-0.25, -0.2) is 9.18 Å². The molecule has 3 aromatic rings. The predicted molar refractivity (Wildman–Crippen MR) is 115 cm³/mol. The van der Waals surface area contributed by atoms with Crippen molar-refractivity contribution in [1.29, 1.82) is 0 Å². The zero-order valence-electron chi connectivity index (χ0n) is 17.5. The number of rotatable bonds is 7. The molecular formula is C23H24FN5O3. The van der Waals surface area contributed by atoms with E-state index in [0.717, 1.165) is 12.0 Å². The average molecular weight is 437 g/mol. The molecule has 1 saturated heterocycles. The number of hydrogen-bond acceptors (Lipinski definition) is 5. The first-order valence-electron chi connectivity index (χ1n) is 10.6. The lowest BCUT2D eigenvalue weighted by molar-refractivity contribution is -0.121. The van der Waals surface area contributed by atoms with Gasteiger partial charge >= 0.3 is 6.03 Å². The fourth-order valence-corrected chi connectivity index (χ4v) is 3.64. The smallest absolute Gasteiger partial charge is 0.322 e. The van der Waals surface area contributed by atoms with Crippen LogP contribution in [0.4, 0.5) is 14.9 Å². The van der Waals surface area contributed by atoms with Crippen molar-refractivity contribution in [2.24, 2.45) is 0 Å². The number of nitrogens with one attached hydrogen (secondary N) is 2. The summed E-state index contributed by atoms with van der Waals surface area (Å²) in [6.07, 6.45) is 1.99. The first kappa shape index (κ1) is 21.5. The molecule has 2 aromatic carbocycles. The van der Waals surface area contributed by atoms with Crippen molar-refractivity contribution in [3.63, 3.8) is 0 Å². The van der Waals surface area contributed by atoms with Crippen molar-refractivity contribution in [1.82, 2.24) is 20.4 Å². The Balaban J connectivity index is 1.30. The van der Waals surface area contributed by atoms with Gasteiger partial charge in [-0.2, -0.15) is 4.98 Å². The number of anilines is 1. The highest BCUT2D eigenvalue weighted by molar-refractivity contribution is 5.89. The van der Waals surface area contributed by atoms with Gasteiger partial charge in [-0.15, -0.1) is 0 Å². The Hall–Kier alpha value is -3.75. The maximum atomic E-state index is 13.9. The highest BCUT2D eigenvalue weighted by Crippen LogP contribution is 2.31. The third-order valence-electron chi connectivity index (χ3n) is 5.31. The number of aromatic nitrogens is 2. The van der Waals surface area contributed by atoms with Crippen LogP contribution in [0.5, 0.6) is 0 Å². The molecule has 166 valence electrons. The molecule has 0 bridgehead atoms. The Morgan fingerprint density at radius 1 is 1.12 bits per heavy atom. The van der Waals surface area contributed by atoms with Gasteiger partial charge in [0.15, 0.2) is 5.82 Å². The number of likely N-dealkylation sites (tertiary alicyclic amines) is 1. The second-order valence-corrected chi connectivity index (χ2v) is 7.57. The minimum absolute atomic E-state index is 0.111. The molecule has 0 saturated carbocycles. The molecule has 1 aliphatic heterocycles. The van der Waals surface area contributed by atoms with Gasteiger partial charge in [0, 0.05) is 25.9 Å². The largest absolute Gasteiger partial charge is 0.352 e. The van der Waals surface area contributed by atoms with Crippen LogP contribution in [0.3, 0.4) is 0 Å². The lowest BCUT2D eigenvalue weighted by Crippen LogP contribution is -2.35. The molecule has 8 nitrogen and oxygen atoms in total. The van der Waals surface area contributed by atoms with Gasteiger partial charge in [-0.3, -0.25) is 4.79 Å². The number of benzene rings is 2. The van der Waals surface area contributed by atoms with E-state index in [1.165, 1.54) is 12.1 Å². The number of hydrogen-bond donors (Lipinski definition) is 2. The van der Waals surface area contributed by atoms with Gasteiger partial charge in [-0.05, 0) is 30.5 Å². The molecule has 32 heavy (non-hydrogen) atoms. The van der Waals surface area contributed by atoms with Crippen LogP contribution in [0.25, 0.3) is 0 Å². The lowest BCUT2D eigenvalue weighted by atomic mass is 10.2. The van der Waals surface area contributed by atoms with Crippen LogP contribution in [-0.4, -0.2) is 33.5 Å². The molecule has 2 heterocycles. The van der Waals surface area contributed by atoms with Crippen LogP contribution in [0, 0.1) is 5.82 Å². The SMILES string of the molecule is O=C(CCc1nc(C2CCCN2C(=O)Nc2ccccc2F)no1)NCc1ccccc1. The van der Waals surface area contributed by atoms with E-state index < -0.39 is 11.8 Å². The maximum Gasteiger partial charge on any atom is 0.322 e. The number of carbonyl (C=O) groups is 2. The van der Waals surface area contributed by atoms with Crippen LogP contribution >= 0.6 is 0 Å². The van der Waals surface area contributed by atoms with E-state index in [9.17, 15) is 14.0 Å². The average Bonchev–Trinajstić information content (AvgIpc) is 3.48. The van der Waals surface area contributed by atoms with Gasteiger partial charge in [0.25, 0.3) is 0 Å². The number of nitrogens with zero attached hydrogens (tertiary/aromatic N) is 3. The Bertz CT molecular complexity index is 1070. The minimum atomic E-state index is -0.496. The van der Waals surface area contributed by atoms with Crippen molar-refractivity contribution in [3.8, 4) is 0 Å². The molecule has 0 spiro atoms. The van der Waals surface area contributed by atoms with Crippen LogP contribution in [-0.2, 0) is 17.8 Å². The molecule has 3 amide bonds. The van der Waals surface area contributed by atoms with E-state index in [-0.39, 0.29) is 24.1 Å². The van der Waals surface area contributed by atoms with E-state index in [2.05, 4.69) is 20.8 Å². The number of aryl methyl sites for hydroxylation is 1. The Kier molecular flexibility index (Phi) is 6.74. The zero-order valence-corrected chi connectivity index (χ0v) is 17.5. The predicted octanol–water partition coefficient (Wildman–Crippen LogP) is 3.83. The highest BCUT2D eigenvalue weighted by Gasteiger charge is 2.33. The second kappa shape index (κ2) is 10.0. The van der Waals surface area contributed by atoms with Crippen molar-refractivity contribution in [2.75, 3.05) is 11.9 Å².